The lowest BCUT2D eigenvalue weighted by Gasteiger charge is -2.16. The lowest BCUT2D eigenvalue weighted by Crippen LogP contribution is -2.18. The van der Waals surface area contributed by atoms with Gasteiger partial charge in [0.15, 0.2) is 0 Å². The zero-order valence-corrected chi connectivity index (χ0v) is 9.25. The predicted molar refractivity (Wildman–Crippen MR) is 56.9 cm³/mol. The van der Waals surface area contributed by atoms with Gasteiger partial charge < -0.3 is 9.94 Å². The van der Waals surface area contributed by atoms with Crippen molar-refractivity contribution in [2.75, 3.05) is 6.61 Å². The van der Waals surface area contributed by atoms with Gasteiger partial charge in [-0.05, 0) is 40.4 Å². The maximum atomic E-state index is 9.54. The molecule has 3 nitrogen and oxygen atoms in total. The number of rotatable bonds is 3. The molecule has 1 aromatic carbocycles. The molecule has 2 rings (SSSR count). The van der Waals surface area contributed by atoms with E-state index in [1.807, 2.05) is 12.1 Å². The van der Waals surface area contributed by atoms with Crippen LogP contribution in [-0.4, -0.2) is 11.7 Å². The molecule has 0 aromatic heterocycles. The van der Waals surface area contributed by atoms with Gasteiger partial charge in [0.05, 0.1) is 11.1 Å². The Morgan fingerprint density at radius 3 is 2.79 bits per heavy atom. The van der Waals surface area contributed by atoms with Crippen LogP contribution in [0, 0.1) is 0 Å². The molecular weight excluding hydrogens is 246 g/mol. The number of benzene rings is 1. The quantitative estimate of drug-likeness (QED) is 0.816. The Morgan fingerprint density at radius 1 is 1.50 bits per heavy atom. The normalized spacial score (nSPS) is 18.1. The van der Waals surface area contributed by atoms with Crippen LogP contribution in [-0.2, 0) is 10.3 Å². The highest BCUT2D eigenvalue weighted by molar-refractivity contribution is 9.10. The molecule has 3 N–H and O–H groups in total. The van der Waals surface area contributed by atoms with E-state index >= 15 is 0 Å². The summed E-state index contributed by atoms with van der Waals surface area (Å²) in [5, 5.41) is 9.54. The smallest absolute Gasteiger partial charge is 0.130 e. The number of phenolic OH excluding ortho intramolecular Hbond substituents is 1. The Labute approximate surface area is 91.0 Å². The molecule has 0 bridgehead atoms. The minimum atomic E-state index is 0.0202. The summed E-state index contributed by atoms with van der Waals surface area (Å²) in [6.45, 7) is 0.509. The minimum Gasteiger partial charge on any atom is -0.507 e. The molecule has 0 saturated heterocycles. The summed E-state index contributed by atoms with van der Waals surface area (Å²) in [7, 11) is 0. The molecule has 1 aliphatic rings. The molecular formula is C10H12BrNO2. The van der Waals surface area contributed by atoms with E-state index in [-0.39, 0.29) is 11.2 Å². The molecule has 0 heterocycles. The molecule has 0 atom stereocenters. The van der Waals surface area contributed by atoms with Crippen molar-refractivity contribution in [2.45, 2.75) is 18.3 Å². The second-order valence-corrected chi connectivity index (χ2v) is 4.52. The summed E-state index contributed by atoms with van der Waals surface area (Å²) in [6.07, 6.45) is 2.12. The number of nitrogens with two attached hydrogens (primary N) is 1. The van der Waals surface area contributed by atoms with Gasteiger partial charge in [0.1, 0.15) is 5.75 Å². The lowest BCUT2D eigenvalue weighted by atomic mass is 9.97. The molecule has 0 radical (unpaired) electrons. The standard InChI is InChI=1S/C10H12BrNO2/c11-9-7(2-1-3-8(9)13)10(4-5-10)6-14-12/h1-3,13H,4-6,12H2. The van der Waals surface area contributed by atoms with E-state index in [1.165, 1.54) is 0 Å². The van der Waals surface area contributed by atoms with Gasteiger partial charge in [-0.15, -0.1) is 0 Å². The largest absolute Gasteiger partial charge is 0.507 e. The predicted octanol–water partition coefficient (Wildman–Crippen LogP) is 2.08. The van der Waals surface area contributed by atoms with Gasteiger partial charge in [-0.2, -0.15) is 0 Å². The third kappa shape index (κ3) is 1.54. The van der Waals surface area contributed by atoms with E-state index in [2.05, 4.69) is 15.9 Å². The molecule has 14 heavy (non-hydrogen) atoms. The number of phenols is 1. The van der Waals surface area contributed by atoms with Crippen molar-refractivity contribution in [1.82, 2.24) is 0 Å². The Balaban J connectivity index is 2.37. The first-order valence-electron chi connectivity index (χ1n) is 4.49. The Kier molecular flexibility index (Phi) is 2.51. The van der Waals surface area contributed by atoms with Gasteiger partial charge in [0.25, 0.3) is 0 Å². The number of hydrogen-bond acceptors (Lipinski definition) is 3. The number of hydrogen-bond donors (Lipinski definition) is 2. The maximum Gasteiger partial charge on any atom is 0.130 e. The molecule has 1 aliphatic carbocycles. The molecule has 1 fully saturated rings. The van der Waals surface area contributed by atoms with Crippen LogP contribution < -0.4 is 5.90 Å². The van der Waals surface area contributed by atoms with Gasteiger partial charge in [0.2, 0.25) is 0 Å². The molecule has 76 valence electrons. The molecule has 1 aromatic rings. The van der Waals surface area contributed by atoms with E-state index in [0.717, 1.165) is 22.9 Å². The zero-order chi connectivity index (χ0) is 10.2. The van der Waals surface area contributed by atoms with Crippen molar-refractivity contribution >= 4 is 15.9 Å². The van der Waals surface area contributed by atoms with Crippen LogP contribution in [0.3, 0.4) is 0 Å². The highest BCUT2D eigenvalue weighted by Crippen LogP contribution is 2.51. The van der Waals surface area contributed by atoms with Gasteiger partial charge in [-0.3, -0.25) is 0 Å². The molecule has 4 heteroatoms. The summed E-state index contributed by atoms with van der Waals surface area (Å²) in [4.78, 5) is 4.72. The molecule has 0 unspecified atom stereocenters. The highest BCUT2D eigenvalue weighted by Gasteiger charge is 2.46. The van der Waals surface area contributed by atoms with Crippen LogP contribution in [0.15, 0.2) is 22.7 Å². The fourth-order valence-electron chi connectivity index (χ4n) is 1.73. The van der Waals surface area contributed by atoms with Crippen molar-refractivity contribution in [2.24, 2.45) is 5.90 Å². The van der Waals surface area contributed by atoms with Crippen LogP contribution in [0.5, 0.6) is 5.75 Å². The topological polar surface area (TPSA) is 55.5 Å². The van der Waals surface area contributed by atoms with Crippen molar-refractivity contribution in [3.05, 3.63) is 28.2 Å². The van der Waals surface area contributed by atoms with E-state index in [0.29, 0.717) is 6.61 Å². The number of halogens is 1. The highest BCUT2D eigenvalue weighted by atomic mass is 79.9. The van der Waals surface area contributed by atoms with Crippen molar-refractivity contribution in [3.8, 4) is 5.75 Å². The SMILES string of the molecule is NOCC1(c2cccc(O)c2Br)CC1. The monoisotopic (exact) mass is 257 g/mol. The van der Waals surface area contributed by atoms with Gasteiger partial charge in [-0.1, -0.05) is 12.1 Å². The summed E-state index contributed by atoms with van der Waals surface area (Å²) in [5.74, 6) is 5.37. The maximum absolute atomic E-state index is 9.54. The second-order valence-electron chi connectivity index (χ2n) is 3.73. The van der Waals surface area contributed by atoms with E-state index in [4.69, 9.17) is 10.7 Å². The van der Waals surface area contributed by atoms with Gasteiger partial charge >= 0.3 is 0 Å². The first kappa shape index (κ1) is 9.96. The molecule has 1 saturated carbocycles. The molecule has 0 amide bonds. The Hall–Kier alpha value is -0.580. The first-order chi connectivity index (χ1) is 6.69. The van der Waals surface area contributed by atoms with Crippen LogP contribution in [0.4, 0.5) is 0 Å². The zero-order valence-electron chi connectivity index (χ0n) is 7.66. The lowest BCUT2D eigenvalue weighted by molar-refractivity contribution is 0.116. The number of aromatic hydroxyl groups is 1. The first-order valence-corrected chi connectivity index (χ1v) is 5.28. The Bertz CT molecular complexity index is 350. The van der Waals surface area contributed by atoms with Crippen molar-refractivity contribution in [3.63, 3.8) is 0 Å². The summed E-state index contributed by atoms with van der Waals surface area (Å²) in [5.41, 5.74) is 1.11. The summed E-state index contributed by atoms with van der Waals surface area (Å²) in [6, 6.07) is 5.49. The van der Waals surface area contributed by atoms with Crippen LogP contribution in [0.2, 0.25) is 0 Å². The summed E-state index contributed by atoms with van der Waals surface area (Å²) < 4.78 is 0.759. The third-order valence-electron chi connectivity index (χ3n) is 2.76. The van der Waals surface area contributed by atoms with Crippen molar-refractivity contribution in [1.29, 1.82) is 0 Å². The van der Waals surface area contributed by atoms with Gasteiger partial charge in [-0.25, -0.2) is 5.90 Å². The fourth-order valence-corrected chi connectivity index (χ4v) is 2.42. The minimum absolute atomic E-state index is 0.0202. The third-order valence-corrected chi connectivity index (χ3v) is 3.60. The van der Waals surface area contributed by atoms with E-state index < -0.39 is 0 Å². The van der Waals surface area contributed by atoms with Crippen LogP contribution in [0.25, 0.3) is 0 Å². The second kappa shape index (κ2) is 3.53. The molecule has 0 spiro atoms. The van der Waals surface area contributed by atoms with Gasteiger partial charge in [0, 0.05) is 5.41 Å². The average molecular weight is 258 g/mol. The summed E-state index contributed by atoms with van der Waals surface area (Å²) >= 11 is 3.38. The van der Waals surface area contributed by atoms with E-state index in [9.17, 15) is 5.11 Å². The van der Waals surface area contributed by atoms with Crippen LogP contribution >= 0.6 is 15.9 Å². The molecule has 0 aliphatic heterocycles. The van der Waals surface area contributed by atoms with Crippen molar-refractivity contribution < 1.29 is 9.94 Å². The Morgan fingerprint density at radius 2 is 2.21 bits per heavy atom. The van der Waals surface area contributed by atoms with Crippen LogP contribution in [0.1, 0.15) is 18.4 Å². The average Bonchev–Trinajstić information content (AvgIpc) is 2.91. The van der Waals surface area contributed by atoms with E-state index in [1.54, 1.807) is 6.07 Å². The fraction of sp³-hybridized carbons (Fsp3) is 0.400.